The molecule has 5 nitrogen and oxygen atoms in total. The van der Waals surface area contributed by atoms with Gasteiger partial charge in [0.2, 0.25) is 0 Å². The Morgan fingerprint density at radius 1 is 1.35 bits per heavy atom. The molecule has 1 aromatic heterocycles. The quantitative estimate of drug-likeness (QED) is 0.673. The van der Waals surface area contributed by atoms with Crippen LogP contribution in [0, 0.1) is 0 Å². The van der Waals surface area contributed by atoms with Gasteiger partial charge in [0.15, 0.2) is 5.17 Å². The highest BCUT2D eigenvalue weighted by molar-refractivity contribution is 8.18. The lowest BCUT2D eigenvalue weighted by atomic mass is 10.1. The van der Waals surface area contributed by atoms with Gasteiger partial charge in [-0.1, -0.05) is 19.4 Å². The molecule has 1 aliphatic rings. The van der Waals surface area contributed by atoms with Gasteiger partial charge in [-0.25, -0.2) is 0 Å². The van der Waals surface area contributed by atoms with Crippen molar-refractivity contribution in [3.8, 4) is 5.75 Å². The molecule has 0 radical (unpaired) electrons. The Bertz CT molecular complexity index is 815. The Kier molecular flexibility index (Phi) is 4.62. The van der Waals surface area contributed by atoms with Gasteiger partial charge in [0.1, 0.15) is 5.75 Å². The van der Waals surface area contributed by atoms with Crippen LogP contribution in [0.1, 0.15) is 25.3 Å². The van der Waals surface area contributed by atoms with Crippen LogP contribution in [-0.4, -0.2) is 22.7 Å². The van der Waals surface area contributed by atoms with Gasteiger partial charge in [0, 0.05) is 11.6 Å². The van der Waals surface area contributed by atoms with Crippen LogP contribution < -0.4 is 10.5 Å². The van der Waals surface area contributed by atoms with Gasteiger partial charge in [-0.2, -0.15) is 4.99 Å². The zero-order valence-electron chi connectivity index (χ0n) is 12.8. The number of carbonyl (C=O) groups excluding carboxylic acids is 1. The van der Waals surface area contributed by atoms with E-state index in [1.54, 1.807) is 12.3 Å². The fourth-order valence-electron chi connectivity index (χ4n) is 2.26. The highest BCUT2D eigenvalue weighted by Gasteiger charge is 2.19. The summed E-state index contributed by atoms with van der Waals surface area (Å²) in [6.45, 7) is 2.81. The number of unbranched alkanes of at least 4 members (excludes halogenated alkanes) is 1. The van der Waals surface area contributed by atoms with Gasteiger partial charge in [-0.15, -0.1) is 0 Å². The molecule has 0 atom stereocenters. The van der Waals surface area contributed by atoms with E-state index < -0.39 is 0 Å². The first-order valence-corrected chi connectivity index (χ1v) is 8.28. The topological polar surface area (TPSA) is 77.6 Å². The summed E-state index contributed by atoms with van der Waals surface area (Å²) in [6, 6.07) is 7.67. The van der Waals surface area contributed by atoms with Crippen molar-refractivity contribution in [1.29, 1.82) is 0 Å². The number of nitrogens with two attached hydrogens (primary N) is 1. The maximum absolute atomic E-state index is 11.7. The number of carbonyl (C=O) groups is 1. The number of amidine groups is 1. The van der Waals surface area contributed by atoms with E-state index in [1.165, 1.54) is 11.8 Å². The summed E-state index contributed by atoms with van der Waals surface area (Å²) >= 11 is 1.19. The minimum atomic E-state index is -0.293. The summed E-state index contributed by atoms with van der Waals surface area (Å²) in [5.41, 5.74) is 7.33. The molecule has 2 aromatic rings. The number of hydrogen-bond acceptors (Lipinski definition) is 5. The fraction of sp³-hybridized carbons (Fsp3) is 0.235. The molecular weight excluding hydrogens is 310 g/mol. The predicted molar refractivity (Wildman–Crippen MR) is 94.3 cm³/mol. The van der Waals surface area contributed by atoms with Gasteiger partial charge >= 0.3 is 0 Å². The van der Waals surface area contributed by atoms with Gasteiger partial charge in [-0.05, 0) is 48.0 Å². The third kappa shape index (κ3) is 3.53. The summed E-state index contributed by atoms with van der Waals surface area (Å²) in [5, 5.41) is 1.22. The number of fused-ring (bicyclic) bond motifs is 1. The van der Waals surface area contributed by atoms with Crippen LogP contribution in [0.15, 0.2) is 40.4 Å². The van der Waals surface area contributed by atoms with Crippen molar-refractivity contribution >= 4 is 39.8 Å². The number of pyridine rings is 1. The van der Waals surface area contributed by atoms with E-state index in [4.69, 9.17) is 10.5 Å². The van der Waals surface area contributed by atoms with Gasteiger partial charge in [0.25, 0.3) is 5.91 Å². The van der Waals surface area contributed by atoms with Gasteiger partial charge < -0.3 is 10.5 Å². The molecule has 0 aliphatic carbocycles. The molecule has 0 unspecified atom stereocenters. The maximum atomic E-state index is 11.7. The summed E-state index contributed by atoms with van der Waals surface area (Å²) in [5.74, 6) is 0.517. The fourth-order valence-corrected chi connectivity index (χ4v) is 2.94. The first-order valence-electron chi connectivity index (χ1n) is 7.47. The van der Waals surface area contributed by atoms with E-state index in [0.717, 1.165) is 35.1 Å². The number of nitrogens with zero attached hydrogens (tertiary/aromatic N) is 2. The number of amides is 1. The smallest absolute Gasteiger partial charge is 0.286 e. The molecule has 1 aromatic carbocycles. The van der Waals surface area contributed by atoms with E-state index in [9.17, 15) is 4.79 Å². The zero-order valence-corrected chi connectivity index (χ0v) is 13.6. The third-order valence-electron chi connectivity index (χ3n) is 3.42. The van der Waals surface area contributed by atoms with Crippen LogP contribution >= 0.6 is 11.8 Å². The molecule has 2 heterocycles. The molecule has 1 amide bonds. The zero-order chi connectivity index (χ0) is 16.2. The van der Waals surface area contributed by atoms with Crippen molar-refractivity contribution in [2.24, 2.45) is 10.7 Å². The number of benzene rings is 1. The minimum absolute atomic E-state index is 0.285. The molecule has 2 N–H and O–H groups in total. The number of aromatic nitrogens is 1. The van der Waals surface area contributed by atoms with E-state index >= 15 is 0 Å². The maximum Gasteiger partial charge on any atom is 0.286 e. The largest absolute Gasteiger partial charge is 0.493 e. The average Bonchev–Trinajstić information content (AvgIpc) is 2.85. The Morgan fingerprint density at radius 2 is 2.22 bits per heavy atom. The van der Waals surface area contributed by atoms with Crippen LogP contribution in [0.25, 0.3) is 17.0 Å². The Balaban J connectivity index is 1.93. The van der Waals surface area contributed by atoms with Gasteiger partial charge in [0.05, 0.1) is 17.0 Å². The number of thioether (sulfide) groups is 1. The molecule has 118 valence electrons. The average molecular weight is 327 g/mol. The second-order valence-electron chi connectivity index (χ2n) is 5.15. The number of hydrogen-bond donors (Lipinski definition) is 1. The van der Waals surface area contributed by atoms with E-state index in [0.29, 0.717) is 11.5 Å². The molecule has 1 aliphatic heterocycles. The molecule has 0 fully saturated rings. The first-order chi connectivity index (χ1) is 11.2. The lowest BCUT2D eigenvalue weighted by Gasteiger charge is -2.09. The predicted octanol–water partition coefficient (Wildman–Crippen LogP) is 3.34. The van der Waals surface area contributed by atoms with Crippen LogP contribution in [0.5, 0.6) is 5.75 Å². The van der Waals surface area contributed by atoms with Crippen molar-refractivity contribution < 1.29 is 9.53 Å². The van der Waals surface area contributed by atoms with Crippen LogP contribution in [0.3, 0.4) is 0 Å². The molecule has 0 spiro atoms. The summed E-state index contributed by atoms with van der Waals surface area (Å²) in [7, 11) is 0. The van der Waals surface area contributed by atoms with Crippen molar-refractivity contribution in [2.45, 2.75) is 19.8 Å². The second-order valence-corrected chi connectivity index (χ2v) is 6.22. The summed E-state index contributed by atoms with van der Waals surface area (Å²) in [4.78, 5) is 20.3. The molecule has 3 rings (SSSR count). The van der Waals surface area contributed by atoms with E-state index in [2.05, 4.69) is 16.9 Å². The Hall–Kier alpha value is -2.34. The molecule has 0 saturated carbocycles. The standard InChI is InChI=1S/C17H17N3O2S/c1-2-3-8-22-14-6-7-19-13-5-4-11(9-12(13)14)10-15-16(21)20-17(18)23-15/h4-7,9-10H,2-3,8H2,1H3,(H2,18,20,21)/b15-10-. The van der Waals surface area contributed by atoms with E-state index in [-0.39, 0.29) is 11.1 Å². The molecule has 0 saturated heterocycles. The lowest BCUT2D eigenvalue weighted by molar-refractivity contribution is -0.113. The molecular formula is C17H17N3O2S. The Labute approximate surface area is 138 Å². The second kappa shape index (κ2) is 6.83. The lowest BCUT2D eigenvalue weighted by Crippen LogP contribution is -2.01. The van der Waals surface area contributed by atoms with Crippen LogP contribution in [0.4, 0.5) is 0 Å². The minimum Gasteiger partial charge on any atom is -0.493 e. The number of rotatable bonds is 5. The van der Waals surface area contributed by atoms with Crippen molar-refractivity contribution in [1.82, 2.24) is 4.98 Å². The highest BCUT2D eigenvalue weighted by atomic mass is 32.2. The highest BCUT2D eigenvalue weighted by Crippen LogP contribution is 2.29. The molecule has 23 heavy (non-hydrogen) atoms. The normalized spacial score (nSPS) is 16.1. The Morgan fingerprint density at radius 3 is 2.96 bits per heavy atom. The van der Waals surface area contributed by atoms with Crippen molar-refractivity contribution in [3.63, 3.8) is 0 Å². The number of aliphatic imine (C=N–C) groups is 1. The van der Waals surface area contributed by atoms with Crippen molar-refractivity contribution in [2.75, 3.05) is 6.61 Å². The van der Waals surface area contributed by atoms with Crippen molar-refractivity contribution in [3.05, 3.63) is 40.9 Å². The number of ether oxygens (including phenoxy) is 1. The van der Waals surface area contributed by atoms with Crippen LogP contribution in [0.2, 0.25) is 0 Å². The molecule has 6 heteroatoms. The van der Waals surface area contributed by atoms with Gasteiger partial charge in [-0.3, -0.25) is 9.78 Å². The molecule has 0 bridgehead atoms. The van der Waals surface area contributed by atoms with E-state index in [1.807, 2.05) is 24.3 Å². The SMILES string of the molecule is CCCCOc1ccnc2ccc(/C=C3\SC(N)=NC3=O)cc12. The monoisotopic (exact) mass is 327 g/mol. The summed E-state index contributed by atoms with van der Waals surface area (Å²) < 4.78 is 5.85. The third-order valence-corrected chi connectivity index (χ3v) is 4.23. The summed E-state index contributed by atoms with van der Waals surface area (Å²) in [6.07, 6.45) is 5.63. The van der Waals surface area contributed by atoms with Crippen LogP contribution in [-0.2, 0) is 4.79 Å². The first kappa shape index (κ1) is 15.6.